The van der Waals surface area contributed by atoms with Gasteiger partial charge >= 0.3 is 0 Å². The molecule has 1 amide bonds. The minimum Gasteiger partial charge on any atom is -0.459 e. The molecule has 0 radical (unpaired) electrons. The maximum Gasteiger partial charge on any atom is 0.289 e. The van der Waals surface area contributed by atoms with E-state index in [1.807, 2.05) is 13.0 Å². The molecule has 128 valence electrons. The largest absolute Gasteiger partial charge is 0.459 e. The number of anilines is 2. The summed E-state index contributed by atoms with van der Waals surface area (Å²) in [5.74, 6) is 1.91. The third-order valence-corrected chi connectivity index (χ3v) is 3.98. The maximum absolute atomic E-state index is 12.3. The molecule has 2 aromatic heterocycles. The average molecular weight is 329 g/mol. The Kier molecular flexibility index (Phi) is 4.98. The van der Waals surface area contributed by atoms with Crippen molar-refractivity contribution in [1.82, 2.24) is 14.9 Å². The number of rotatable bonds is 5. The Labute approximate surface area is 141 Å². The first kappa shape index (κ1) is 16.3. The van der Waals surface area contributed by atoms with Crippen molar-refractivity contribution in [3.8, 4) is 0 Å². The predicted octanol–water partition coefficient (Wildman–Crippen LogP) is 2.16. The zero-order chi connectivity index (χ0) is 16.9. The van der Waals surface area contributed by atoms with Gasteiger partial charge < -0.3 is 19.5 Å². The molecule has 3 rings (SSSR count). The summed E-state index contributed by atoms with van der Waals surface area (Å²) in [4.78, 5) is 25.4. The number of hydrogen-bond donors (Lipinski definition) is 1. The van der Waals surface area contributed by atoms with Crippen molar-refractivity contribution >= 4 is 17.7 Å². The molecule has 1 saturated heterocycles. The van der Waals surface area contributed by atoms with E-state index in [0.29, 0.717) is 31.9 Å². The number of carbonyl (C=O) groups is 1. The van der Waals surface area contributed by atoms with Gasteiger partial charge in [0.05, 0.1) is 6.26 Å². The SMILES string of the molecule is CCCNc1cc(C)nc(N2CCN(C(=O)c3ccco3)CC2)n1. The van der Waals surface area contributed by atoms with Gasteiger partial charge in [-0.15, -0.1) is 0 Å². The summed E-state index contributed by atoms with van der Waals surface area (Å²) >= 11 is 0. The van der Waals surface area contributed by atoms with Crippen LogP contribution in [0.4, 0.5) is 11.8 Å². The number of furan rings is 1. The van der Waals surface area contributed by atoms with E-state index < -0.39 is 0 Å². The van der Waals surface area contributed by atoms with Crippen molar-refractivity contribution in [2.75, 3.05) is 42.9 Å². The Morgan fingerprint density at radius 3 is 2.75 bits per heavy atom. The summed E-state index contributed by atoms with van der Waals surface area (Å²) in [6, 6.07) is 5.38. The van der Waals surface area contributed by atoms with Crippen LogP contribution in [0.15, 0.2) is 28.9 Å². The number of hydrogen-bond acceptors (Lipinski definition) is 6. The fourth-order valence-corrected chi connectivity index (χ4v) is 2.70. The Balaban J connectivity index is 1.64. The zero-order valence-corrected chi connectivity index (χ0v) is 14.2. The number of carbonyl (C=O) groups excluding carboxylic acids is 1. The van der Waals surface area contributed by atoms with E-state index in [4.69, 9.17) is 4.42 Å². The average Bonchev–Trinajstić information content (AvgIpc) is 3.13. The lowest BCUT2D eigenvalue weighted by molar-refractivity contribution is 0.0714. The van der Waals surface area contributed by atoms with Crippen LogP contribution in [0.1, 0.15) is 29.6 Å². The molecule has 0 bridgehead atoms. The summed E-state index contributed by atoms with van der Waals surface area (Å²) < 4.78 is 5.19. The minimum absolute atomic E-state index is 0.0601. The summed E-state index contributed by atoms with van der Waals surface area (Å²) in [6.45, 7) is 7.67. The van der Waals surface area contributed by atoms with E-state index in [9.17, 15) is 4.79 Å². The van der Waals surface area contributed by atoms with Crippen molar-refractivity contribution in [2.24, 2.45) is 0 Å². The Morgan fingerprint density at radius 1 is 1.29 bits per heavy atom. The molecule has 0 aliphatic carbocycles. The van der Waals surface area contributed by atoms with E-state index >= 15 is 0 Å². The summed E-state index contributed by atoms with van der Waals surface area (Å²) in [7, 11) is 0. The van der Waals surface area contributed by atoms with Crippen LogP contribution in [-0.4, -0.2) is 53.5 Å². The lowest BCUT2D eigenvalue weighted by Gasteiger charge is -2.34. The smallest absolute Gasteiger partial charge is 0.289 e. The van der Waals surface area contributed by atoms with Crippen molar-refractivity contribution in [3.05, 3.63) is 35.9 Å². The molecule has 0 saturated carbocycles. The third kappa shape index (κ3) is 3.67. The van der Waals surface area contributed by atoms with Gasteiger partial charge in [-0.25, -0.2) is 4.98 Å². The Hall–Kier alpha value is -2.57. The van der Waals surface area contributed by atoms with Crippen molar-refractivity contribution < 1.29 is 9.21 Å². The fraction of sp³-hybridized carbons (Fsp3) is 0.471. The van der Waals surface area contributed by atoms with Crippen molar-refractivity contribution in [3.63, 3.8) is 0 Å². The van der Waals surface area contributed by atoms with Crippen LogP contribution >= 0.6 is 0 Å². The highest BCUT2D eigenvalue weighted by Crippen LogP contribution is 2.17. The summed E-state index contributed by atoms with van der Waals surface area (Å²) in [5.41, 5.74) is 0.938. The molecule has 1 fully saturated rings. The highest BCUT2D eigenvalue weighted by Gasteiger charge is 2.25. The number of aromatic nitrogens is 2. The molecule has 0 atom stereocenters. The van der Waals surface area contributed by atoms with Crippen LogP contribution < -0.4 is 10.2 Å². The van der Waals surface area contributed by atoms with Gasteiger partial charge in [-0.1, -0.05) is 6.92 Å². The number of nitrogens with one attached hydrogen (secondary N) is 1. The standard InChI is InChI=1S/C17H23N5O2/c1-3-6-18-15-12-13(2)19-17(20-15)22-9-7-21(8-10-22)16(23)14-5-4-11-24-14/h4-5,11-12H,3,6-10H2,1-2H3,(H,18,19,20). The monoisotopic (exact) mass is 329 g/mol. The second-order valence-corrected chi connectivity index (χ2v) is 5.88. The van der Waals surface area contributed by atoms with E-state index in [1.165, 1.54) is 6.26 Å². The maximum atomic E-state index is 12.3. The molecule has 7 heteroatoms. The van der Waals surface area contributed by atoms with Crippen molar-refractivity contribution in [2.45, 2.75) is 20.3 Å². The molecule has 24 heavy (non-hydrogen) atoms. The minimum atomic E-state index is -0.0601. The van der Waals surface area contributed by atoms with Gasteiger partial charge in [0.15, 0.2) is 5.76 Å². The van der Waals surface area contributed by atoms with Crippen molar-refractivity contribution in [1.29, 1.82) is 0 Å². The van der Waals surface area contributed by atoms with Gasteiger partial charge in [-0.2, -0.15) is 4.98 Å². The van der Waals surface area contributed by atoms with Gasteiger partial charge in [0, 0.05) is 44.5 Å². The predicted molar refractivity (Wildman–Crippen MR) is 92.4 cm³/mol. The van der Waals surface area contributed by atoms with Gasteiger partial charge in [-0.3, -0.25) is 4.79 Å². The molecule has 2 aromatic rings. The van der Waals surface area contributed by atoms with Crippen LogP contribution in [0.2, 0.25) is 0 Å². The Morgan fingerprint density at radius 2 is 2.08 bits per heavy atom. The first-order valence-electron chi connectivity index (χ1n) is 8.34. The second-order valence-electron chi connectivity index (χ2n) is 5.88. The van der Waals surface area contributed by atoms with Gasteiger partial charge in [0.2, 0.25) is 5.95 Å². The quantitative estimate of drug-likeness (QED) is 0.906. The summed E-state index contributed by atoms with van der Waals surface area (Å²) in [6.07, 6.45) is 2.57. The number of amides is 1. The molecule has 1 aliphatic rings. The molecule has 3 heterocycles. The lowest BCUT2D eigenvalue weighted by Crippen LogP contribution is -2.49. The number of aryl methyl sites for hydroxylation is 1. The van der Waals surface area contributed by atoms with E-state index in [-0.39, 0.29) is 5.91 Å². The first-order valence-corrected chi connectivity index (χ1v) is 8.34. The molecule has 0 unspecified atom stereocenters. The highest BCUT2D eigenvalue weighted by molar-refractivity contribution is 5.91. The zero-order valence-electron chi connectivity index (χ0n) is 14.2. The van der Waals surface area contributed by atoms with E-state index in [0.717, 1.165) is 30.4 Å². The fourth-order valence-electron chi connectivity index (χ4n) is 2.70. The Bertz CT molecular complexity index is 678. The molecule has 7 nitrogen and oxygen atoms in total. The number of piperazine rings is 1. The molecule has 0 aromatic carbocycles. The number of nitrogens with zero attached hydrogens (tertiary/aromatic N) is 4. The van der Waals surface area contributed by atoms with Crippen LogP contribution in [0.5, 0.6) is 0 Å². The van der Waals surface area contributed by atoms with E-state index in [2.05, 4.69) is 27.1 Å². The third-order valence-electron chi connectivity index (χ3n) is 3.98. The molecule has 1 aliphatic heterocycles. The van der Waals surface area contributed by atoms with Crippen LogP contribution in [0, 0.1) is 6.92 Å². The first-order chi connectivity index (χ1) is 11.7. The highest BCUT2D eigenvalue weighted by atomic mass is 16.3. The van der Waals surface area contributed by atoms with Crippen LogP contribution in [0.3, 0.4) is 0 Å². The molecule has 1 N–H and O–H groups in total. The van der Waals surface area contributed by atoms with Crippen LogP contribution in [0.25, 0.3) is 0 Å². The lowest BCUT2D eigenvalue weighted by atomic mass is 10.3. The van der Waals surface area contributed by atoms with Gasteiger partial charge in [0.1, 0.15) is 5.82 Å². The second kappa shape index (κ2) is 7.33. The summed E-state index contributed by atoms with van der Waals surface area (Å²) in [5, 5.41) is 3.31. The molecular formula is C17H23N5O2. The normalized spacial score (nSPS) is 14.8. The molecular weight excluding hydrogens is 306 g/mol. The van der Waals surface area contributed by atoms with Crippen LogP contribution in [-0.2, 0) is 0 Å². The molecule has 0 spiro atoms. The van der Waals surface area contributed by atoms with Gasteiger partial charge in [-0.05, 0) is 25.5 Å². The topological polar surface area (TPSA) is 74.5 Å². The van der Waals surface area contributed by atoms with Gasteiger partial charge in [0.25, 0.3) is 5.91 Å². The van der Waals surface area contributed by atoms with E-state index in [1.54, 1.807) is 17.0 Å².